The number of halogens is 2. The third-order valence-electron chi connectivity index (χ3n) is 2.23. The Bertz CT molecular complexity index is 404. The van der Waals surface area contributed by atoms with Crippen LogP contribution >= 0.6 is 23.2 Å². The Morgan fingerprint density at radius 1 is 1.50 bits per heavy atom. The van der Waals surface area contributed by atoms with E-state index >= 15 is 0 Å². The van der Waals surface area contributed by atoms with E-state index in [1.165, 1.54) is 0 Å². The van der Waals surface area contributed by atoms with Gasteiger partial charge in [0.15, 0.2) is 5.78 Å². The lowest BCUT2D eigenvalue weighted by molar-refractivity contribution is -0.119. The molecule has 0 aliphatic rings. The maximum atomic E-state index is 11.7. The predicted octanol–water partition coefficient (Wildman–Crippen LogP) is 3.01. The van der Waals surface area contributed by atoms with E-state index in [0.29, 0.717) is 22.0 Å². The lowest BCUT2D eigenvalue weighted by Gasteiger charge is -2.09. The number of carbonyl (C=O) groups is 1. The minimum absolute atomic E-state index is 0.0657. The van der Waals surface area contributed by atoms with Crippen LogP contribution < -0.4 is 5.73 Å². The van der Waals surface area contributed by atoms with E-state index in [-0.39, 0.29) is 12.2 Å². The largest absolute Gasteiger partial charge is 0.321 e. The number of ketones is 1. The fourth-order valence-electron chi connectivity index (χ4n) is 1.31. The zero-order valence-electron chi connectivity index (χ0n) is 8.75. The first-order valence-electron chi connectivity index (χ1n) is 4.88. The Morgan fingerprint density at radius 2 is 2.19 bits per heavy atom. The third kappa shape index (κ3) is 3.34. The molecule has 0 aliphatic heterocycles. The highest BCUT2D eigenvalue weighted by Gasteiger charge is 2.14. The Balaban J connectivity index is 2.77. The van der Waals surface area contributed by atoms with Gasteiger partial charge in [-0.1, -0.05) is 41.4 Å². The average molecular weight is 258 g/mol. The molecule has 1 rings (SSSR count). The minimum atomic E-state index is -0.521. The van der Waals surface area contributed by atoms with Gasteiger partial charge in [-0.3, -0.25) is 4.79 Å². The fraction of sp³-hybridized carbons (Fsp3) is 0.250. The zero-order chi connectivity index (χ0) is 12.1. The van der Waals surface area contributed by atoms with Crippen LogP contribution in [0.1, 0.15) is 12.0 Å². The van der Waals surface area contributed by atoms with E-state index < -0.39 is 6.04 Å². The molecule has 0 aromatic heterocycles. The van der Waals surface area contributed by atoms with Gasteiger partial charge in [-0.25, -0.2) is 0 Å². The van der Waals surface area contributed by atoms with Gasteiger partial charge in [0.05, 0.1) is 16.1 Å². The molecular weight excluding hydrogens is 245 g/mol. The Kier molecular flexibility index (Phi) is 5.00. The summed E-state index contributed by atoms with van der Waals surface area (Å²) >= 11 is 11.8. The molecule has 0 saturated carbocycles. The van der Waals surface area contributed by atoms with Crippen molar-refractivity contribution in [2.45, 2.75) is 18.9 Å². The molecule has 0 fully saturated rings. The van der Waals surface area contributed by atoms with Crippen LogP contribution in [-0.4, -0.2) is 11.8 Å². The molecule has 2 nitrogen and oxygen atoms in total. The lowest BCUT2D eigenvalue weighted by atomic mass is 10.0. The first kappa shape index (κ1) is 13.2. The Hall–Kier alpha value is -0.830. The second kappa shape index (κ2) is 6.04. The Morgan fingerprint density at radius 3 is 2.81 bits per heavy atom. The van der Waals surface area contributed by atoms with Crippen molar-refractivity contribution in [1.82, 2.24) is 0 Å². The van der Waals surface area contributed by atoms with Gasteiger partial charge < -0.3 is 5.73 Å². The molecule has 1 atom stereocenters. The van der Waals surface area contributed by atoms with Crippen LogP contribution in [0.5, 0.6) is 0 Å². The second-order valence-electron chi connectivity index (χ2n) is 3.49. The molecule has 1 unspecified atom stereocenters. The number of benzene rings is 1. The lowest BCUT2D eigenvalue weighted by Crippen LogP contribution is -2.31. The van der Waals surface area contributed by atoms with E-state index in [0.717, 1.165) is 0 Å². The Labute approximate surface area is 105 Å². The molecule has 2 N–H and O–H groups in total. The highest BCUT2D eigenvalue weighted by atomic mass is 35.5. The zero-order valence-corrected chi connectivity index (χ0v) is 10.3. The maximum Gasteiger partial charge on any atom is 0.154 e. The first-order valence-corrected chi connectivity index (χ1v) is 5.64. The van der Waals surface area contributed by atoms with E-state index in [9.17, 15) is 4.79 Å². The molecule has 1 aromatic carbocycles. The summed E-state index contributed by atoms with van der Waals surface area (Å²) in [5, 5.41) is 0.868. The normalized spacial score (nSPS) is 12.2. The molecular formula is C12H13Cl2NO. The van der Waals surface area contributed by atoms with Crippen molar-refractivity contribution < 1.29 is 4.79 Å². The highest BCUT2D eigenvalue weighted by Crippen LogP contribution is 2.26. The third-order valence-corrected chi connectivity index (χ3v) is 3.09. The van der Waals surface area contributed by atoms with Crippen molar-refractivity contribution in [3.63, 3.8) is 0 Å². The van der Waals surface area contributed by atoms with Crippen LogP contribution in [0.2, 0.25) is 10.0 Å². The minimum Gasteiger partial charge on any atom is -0.321 e. The van der Waals surface area contributed by atoms with Gasteiger partial charge in [0, 0.05) is 6.42 Å². The maximum absolute atomic E-state index is 11.7. The predicted molar refractivity (Wildman–Crippen MR) is 68.0 cm³/mol. The van der Waals surface area contributed by atoms with Crippen LogP contribution in [0.15, 0.2) is 30.9 Å². The van der Waals surface area contributed by atoms with E-state index in [2.05, 4.69) is 6.58 Å². The summed E-state index contributed by atoms with van der Waals surface area (Å²) in [6.45, 7) is 3.54. The summed E-state index contributed by atoms with van der Waals surface area (Å²) in [6.07, 6.45) is 2.30. The number of nitrogens with two attached hydrogens (primary N) is 1. The van der Waals surface area contributed by atoms with E-state index in [1.54, 1.807) is 24.3 Å². The van der Waals surface area contributed by atoms with Crippen LogP contribution in [0, 0.1) is 0 Å². The average Bonchev–Trinajstić information content (AvgIpc) is 2.25. The SMILES string of the molecule is C=CCC(N)C(=O)Cc1cccc(Cl)c1Cl. The quantitative estimate of drug-likeness (QED) is 0.825. The summed E-state index contributed by atoms with van der Waals surface area (Å²) in [5.74, 6) is -0.0657. The molecule has 0 spiro atoms. The van der Waals surface area contributed by atoms with Crippen LogP contribution in [0.25, 0.3) is 0 Å². The van der Waals surface area contributed by atoms with Crippen LogP contribution in [0.4, 0.5) is 0 Å². The van der Waals surface area contributed by atoms with Gasteiger partial charge >= 0.3 is 0 Å². The summed E-state index contributed by atoms with van der Waals surface area (Å²) < 4.78 is 0. The molecule has 0 heterocycles. The molecule has 0 radical (unpaired) electrons. The fourth-order valence-corrected chi connectivity index (χ4v) is 1.70. The number of hydrogen-bond donors (Lipinski definition) is 1. The molecule has 16 heavy (non-hydrogen) atoms. The summed E-state index contributed by atoms with van der Waals surface area (Å²) in [6, 6.07) is 4.69. The van der Waals surface area contributed by atoms with Gasteiger partial charge in [-0.15, -0.1) is 6.58 Å². The molecule has 0 bridgehead atoms. The van der Waals surface area contributed by atoms with Crippen LogP contribution in [-0.2, 0) is 11.2 Å². The van der Waals surface area contributed by atoms with Gasteiger partial charge in [0.25, 0.3) is 0 Å². The van der Waals surface area contributed by atoms with Gasteiger partial charge in [0.2, 0.25) is 0 Å². The van der Waals surface area contributed by atoms with Crippen molar-refractivity contribution >= 4 is 29.0 Å². The molecule has 0 aliphatic carbocycles. The van der Waals surface area contributed by atoms with Crippen molar-refractivity contribution in [3.8, 4) is 0 Å². The number of hydrogen-bond acceptors (Lipinski definition) is 2. The topological polar surface area (TPSA) is 43.1 Å². The van der Waals surface area contributed by atoms with Gasteiger partial charge in [-0.2, -0.15) is 0 Å². The monoisotopic (exact) mass is 257 g/mol. The van der Waals surface area contributed by atoms with Gasteiger partial charge in [0.1, 0.15) is 0 Å². The standard InChI is InChI=1S/C12H13Cl2NO/c1-2-4-10(15)11(16)7-8-5-3-6-9(13)12(8)14/h2-3,5-6,10H,1,4,7,15H2. The molecule has 1 aromatic rings. The molecule has 4 heteroatoms. The summed E-state index contributed by atoms with van der Waals surface area (Å²) in [4.78, 5) is 11.7. The first-order chi connectivity index (χ1) is 7.56. The molecule has 0 saturated heterocycles. The van der Waals surface area contributed by atoms with Crippen molar-refractivity contribution in [1.29, 1.82) is 0 Å². The second-order valence-corrected chi connectivity index (χ2v) is 4.27. The van der Waals surface area contributed by atoms with Crippen molar-refractivity contribution in [3.05, 3.63) is 46.5 Å². The number of Topliss-reactive ketones (excluding diaryl/α,β-unsaturated/α-hetero) is 1. The molecule has 0 amide bonds. The van der Waals surface area contributed by atoms with E-state index in [4.69, 9.17) is 28.9 Å². The van der Waals surface area contributed by atoms with Gasteiger partial charge in [-0.05, 0) is 18.1 Å². The summed E-state index contributed by atoms with van der Waals surface area (Å²) in [5.41, 5.74) is 6.37. The van der Waals surface area contributed by atoms with Crippen molar-refractivity contribution in [2.75, 3.05) is 0 Å². The number of rotatable bonds is 5. The summed E-state index contributed by atoms with van der Waals surface area (Å²) in [7, 11) is 0. The number of carbonyl (C=O) groups excluding carboxylic acids is 1. The smallest absolute Gasteiger partial charge is 0.154 e. The molecule has 86 valence electrons. The van der Waals surface area contributed by atoms with Crippen molar-refractivity contribution in [2.24, 2.45) is 5.73 Å². The highest BCUT2D eigenvalue weighted by molar-refractivity contribution is 6.42. The van der Waals surface area contributed by atoms with Crippen LogP contribution in [0.3, 0.4) is 0 Å². The van der Waals surface area contributed by atoms with E-state index in [1.807, 2.05) is 0 Å².